The van der Waals surface area contributed by atoms with Crippen molar-refractivity contribution in [3.05, 3.63) is 34.3 Å². The van der Waals surface area contributed by atoms with Crippen molar-refractivity contribution in [1.82, 2.24) is 15.1 Å². The fraction of sp³-hybridized carbons (Fsp3) is 0.400. The molecule has 1 aliphatic rings. The van der Waals surface area contributed by atoms with Gasteiger partial charge in [-0.05, 0) is 36.6 Å². The number of anilines is 1. The molecule has 0 unspecified atom stereocenters. The third-order valence-corrected chi connectivity index (χ3v) is 6.29. The standard InChI is InChI=1S/C15H19N5O4S2/c1-9-17-18-15(25-9)19-26(23,24)12-3-2-10-4-5-20(7-11(10)6-12)14(22)13(16)8-21/h2-3,6,13,21H,4-5,7-8,16H2,1H3,(H,18,19)/t13-/m0/s1. The van der Waals surface area contributed by atoms with E-state index in [1.165, 1.54) is 11.0 Å². The Kier molecular flexibility index (Phi) is 5.23. The molecule has 1 amide bonds. The molecule has 1 atom stereocenters. The van der Waals surface area contributed by atoms with Gasteiger partial charge in [0.15, 0.2) is 0 Å². The topological polar surface area (TPSA) is 139 Å². The van der Waals surface area contributed by atoms with Crippen molar-refractivity contribution >= 4 is 32.4 Å². The predicted molar refractivity (Wildman–Crippen MR) is 96.1 cm³/mol. The molecular formula is C15H19N5O4S2. The Morgan fingerprint density at radius 2 is 2.19 bits per heavy atom. The number of nitrogens with zero attached hydrogens (tertiary/aromatic N) is 3. The van der Waals surface area contributed by atoms with E-state index < -0.39 is 22.7 Å². The minimum absolute atomic E-state index is 0.0878. The van der Waals surface area contributed by atoms with Gasteiger partial charge in [-0.3, -0.25) is 9.52 Å². The average Bonchev–Trinajstić information content (AvgIpc) is 3.03. The molecule has 0 aliphatic carbocycles. The van der Waals surface area contributed by atoms with E-state index in [0.29, 0.717) is 18.0 Å². The van der Waals surface area contributed by atoms with Crippen LogP contribution in [0.25, 0.3) is 0 Å². The number of aryl methyl sites for hydroxylation is 1. The average molecular weight is 397 g/mol. The molecular weight excluding hydrogens is 378 g/mol. The SMILES string of the molecule is Cc1nnc(NS(=O)(=O)c2ccc3c(c2)CN(C(=O)[C@@H](N)CO)CC3)s1. The van der Waals surface area contributed by atoms with Gasteiger partial charge >= 0.3 is 0 Å². The number of aliphatic hydroxyl groups is 1. The van der Waals surface area contributed by atoms with Crippen molar-refractivity contribution in [1.29, 1.82) is 0 Å². The molecule has 11 heteroatoms. The monoisotopic (exact) mass is 397 g/mol. The first kappa shape index (κ1) is 18.7. The van der Waals surface area contributed by atoms with E-state index in [-0.39, 0.29) is 22.5 Å². The third kappa shape index (κ3) is 3.85. The van der Waals surface area contributed by atoms with Crippen molar-refractivity contribution in [3.63, 3.8) is 0 Å². The first-order chi connectivity index (χ1) is 12.3. The van der Waals surface area contributed by atoms with Crippen LogP contribution in [0.15, 0.2) is 23.1 Å². The first-order valence-electron chi connectivity index (χ1n) is 7.90. The summed E-state index contributed by atoms with van der Waals surface area (Å²) < 4.78 is 27.5. The Bertz CT molecular complexity index is 928. The number of hydrogen-bond donors (Lipinski definition) is 3. The van der Waals surface area contributed by atoms with E-state index in [0.717, 1.165) is 22.5 Å². The summed E-state index contributed by atoms with van der Waals surface area (Å²) in [5.41, 5.74) is 7.32. The minimum atomic E-state index is -3.80. The van der Waals surface area contributed by atoms with Crippen molar-refractivity contribution in [3.8, 4) is 0 Å². The van der Waals surface area contributed by atoms with Crippen LogP contribution in [0.4, 0.5) is 5.13 Å². The summed E-state index contributed by atoms with van der Waals surface area (Å²) in [5.74, 6) is -0.353. The maximum atomic E-state index is 12.6. The Morgan fingerprint density at radius 1 is 1.42 bits per heavy atom. The number of rotatable bonds is 5. The maximum absolute atomic E-state index is 12.6. The lowest BCUT2D eigenvalue weighted by Crippen LogP contribution is -2.47. The van der Waals surface area contributed by atoms with Crippen LogP contribution in [0.3, 0.4) is 0 Å². The predicted octanol–water partition coefficient (Wildman–Crippen LogP) is -0.148. The number of aliphatic hydroxyl groups excluding tert-OH is 1. The van der Waals surface area contributed by atoms with E-state index in [2.05, 4.69) is 14.9 Å². The van der Waals surface area contributed by atoms with Gasteiger partial charge in [-0.2, -0.15) is 0 Å². The lowest BCUT2D eigenvalue weighted by atomic mass is 9.99. The largest absolute Gasteiger partial charge is 0.394 e. The molecule has 0 saturated carbocycles. The molecule has 1 aromatic heterocycles. The highest BCUT2D eigenvalue weighted by Gasteiger charge is 2.26. The zero-order valence-corrected chi connectivity index (χ0v) is 15.7. The number of benzene rings is 1. The number of carbonyl (C=O) groups is 1. The van der Waals surface area contributed by atoms with Crippen LogP contribution in [0, 0.1) is 6.92 Å². The Labute approximate surface area is 154 Å². The van der Waals surface area contributed by atoms with Crippen LogP contribution in [0.5, 0.6) is 0 Å². The van der Waals surface area contributed by atoms with E-state index in [4.69, 9.17) is 10.8 Å². The summed E-state index contributed by atoms with van der Waals surface area (Å²) in [5, 5.41) is 17.5. The van der Waals surface area contributed by atoms with Crippen molar-refractivity contribution in [2.45, 2.75) is 30.8 Å². The molecule has 9 nitrogen and oxygen atoms in total. The molecule has 0 spiro atoms. The van der Waals surface area contributed by atoms with Gasteiger partial charge in [-0.1, -0.05) is 17.4 Å². The quantitative estimate of drug-likeness (QED) is 0.638. The zero-order valence-electron chi connectivity index (χ0n) is 14.0. The molecule has 2 heterocycles. The van der Waals surface area contributed by atoms with Crippen LogP contribution >= 0.6 is 11.3 Å². The molecule has 0 bridgehead atoms. The fourth-order valence-corrected chi connectivity index (χ4v) is 4.59. The summed E-state index contributed by atoms with van der Waals surface area (Å²) >= 11 is 1.15. The van der Waals surface area contributed by atoms with E-state index in [1.807, 2.05) is 0 Å². The van der Waals surface area contributed by atoms with Crippen molar-refractivity contribution in [2.75, 3.05) is 17.9 Å². The third-order valence-electron chi connectivity index (χ3n) is 4.07. The zero-order chi connectivity index (χ0) is 18.9. The lowest BCUT2D eigenvalue weighted by molar-refractivity contribution is -0.134. The number of sulfonamides is 1. The van der Waals surface area contributed by atoms with Gasteiger partial charge in [0, 0.05) is 13.1 Å². The Balaban J connectivity index is 1.83. The van der Waals surface area contributed by atoms with Gasteiger partial charge in [0.2, 0.25) is 11.0 Å². The second-order valence-electron chi connectivity index (χ2n) is 5.96. The van der Waals surface area contributed by atoms with Crippen LogP contribution in [0.2, 0.25) is 0 Å². The van der Waals surface area contributed by atoms with Crippen molar-refractivity contribution in [2.24, 2.45) is 5.73 Å². The van der Waals surface area contributed by atoms with Gasteiger partial charge in [-0.15, -0.1) is 10.2 Å². The molecule has 4 N–H and O–H groups in total. The van der Waals surface area contributed by atoms with Gasteiger partial charge in [0.05, 0.1) is 11.5 Å². The molecule has 1 aromatic carbocycles. The highest BCUT2D eigenvalue weighted by molar-refractivity contribution is 7.93. The number of amides is 1. The van der Waals surface area contributed by atoms with E-state index in [9.17, 15) is 13.2 Å². The number of carbonyl (C=O) groups excluding carboxylic acids is 1. The van der Waals surface area contributed by atoms with Gasteiger partial charge < -0.3 is 15.7 Å². The lowest BCUT2D eigenvalue weighted by Gasteiger charge is -2.30. The van der Waals surface area contributed by atoms with E-state index >= 15 is 0 Å². The normalized spacial score (nSPS) is 15.4. The number of nitrogens with one attached hydrogen (secondary N) is 1. The van der Waals surface area contributed by atoms with Gasteiger partial charge in [-0.25, -0.2) is 8.42 Å². The molecule has 0 saturated heterocycles. The number of hydrogen-bond acceptors (Lipinski definition) is 8. The number of nitrogens with two attached hydrogens (primary N) is 1. The van der Waals surface area contributed by atoms with Crippen LogP contribution in [-0.2, 0) is 27.8 Å². The summed E-state index contributed by atoms with van der Waals surface area (Å²) in [6, 6.07) is 3.87. The summed E-state index contributed by atoms with van der Waals surface area (Å²) in [7, 11) is -3.80. The molecule has 140 valence electrons. The minimum Gasteiger partial charge on any atom is -0.394 e. The highest BCUT2D eigenvalue weighted by Crippen LogP contribution is 2.25. The Hall–Kier alpha value is -2.08. The molecule has 1 aliphatic heterocycles. The highest BCUT2D eigenvalue weighted by atomic mass is 32.2. The van der Waals surface area contributed by atoms with E-state index in [1.54, 1.807) is 19.1 Å². The fourth-order valence-electron chi connectivity index (χ4n) is 2.71. The Morgan fingerprint density at radius 3 is 2.85 bits per heavy atom. The second-order valence-corrected chi connectivity index (χ2v) is 8.83. The van der Waals surface area contributed by atoms with Crippen LogP contribution < -0.4 is 10.5 Å². The van der Waals surface area contributed by atoms with Gasteiger partial charge in [0.25, 0.3) is 10.0 Å². The maximum Gasteiger partial charge on any atom is 0.263 e. The molecule has 0 radical (unpaired) electrons. The smallest absolute Gasteiger partial charge is 0.263 e. The first-order valence-corrected chi connectivity index (χ1v) is 10.2. The van der Waals surface area contributed by atoms with Crippen LogP contribution in [-0.4, -0.2) is 53.7 Å². The molecule has 26 heavy (non-hydrogen) atoms. The second kappa shape index (κ2) is 7.27. The van der Waals surface area contributed by atoms with Crippen molar-refractivity contribution < 1.29 is 18.3 Å². The molecule has 3 rings (SSSR count). The molecule has 0 fully saturated rings. The summed E-state index contributed by atoms with van der Waals surface area (Å²) in [6.45, 7) is 2.04. The number of aromatic nitrogens is 2. The van der Waals surface area contributed by atoms with Gasteiger partial charge in [0.1, 0.15) is 11.0 Å². The summed E-state index contributed by atoms with van der Waals surface area (Å²) in [6.07, 6.45) is 0.600. The summed E-state index contributed by atoms with van der Waals surface area (Å²) in [4.78, 5) is 13.8. The van der Waals surface area contributed by atoms with Crippen LogP contribution in [0.1, 0.15) is 16.1 Å². The molecule has 2 aromatic rings. The number of fused-ring (bicyclic) bond motifs is 1.